The predicted octanol–water partition coefficient (Wildman–Crippen LogP) is 2.40. The first kappa shape index (κ1) is 19.4. The first-order valence-corrected chi connectivity index (χ1v) is 7.80. The normalized spacial score (nSPS) is 11.8. The minimum absolute atomic E-state index is 0.0183. The van der Waals surface area contributed by atoms with Crippen molar-refractivity contribution in [3.8, 4) is 0 Å². The summed E-state index contributed by atoms with van der Waals surface area (Å²) in [7, 11) is 0. The lowest BCUT2D eigenvalue weighted by Crippen LogP contribution is -2.41. The number of non-ortho nitro benzene ring substituents is 1. The Balaban J connectivity index is 2.32. The third-order valence-electron chi connectivity index (χ3n) is 3.33. The summed E-state index contributed by atoms with van der Waals surface area (Å²) >= 11 is 0. The molecule has 1 aromatic rings. The third-order valence-corrected chi connectivity index (χ3v) is 3.33. The molecule has 0 aliphatic heterocycles. The monoisotopic (exact) mass is 337 g/mol. The van der Waals surface area contributed by atoms with E-state index < -0.39 is 16.9 Å². The molecule has 0 fully saturated rings. The van der Waals surface area contributed by atoms with E-state index in [1.807, 2.05) is 13.8 Å². The van der Waals surface area contributed by atoms with Gasteiger partial charge in [0.1, 0.15) is 6.04 Å². The number of carboxylic acid groups (broad SMARTS) is 1. The maximum absolute atomic E-state index is 11.8. The van der Waals surface area contributed by atoms with E-state index in [2.05, 4.69) is 10.6 Å². The van der Waals surface area contributed by atoms with E-state index in [-0.39, 0.29) is 23.9 Å². The molecule has 1 aromatic carbocycles. The van der Waals surface area contributed by atoms with Crippen molar-refractivity contribution >= 4 is 23.3 Å². The van der Waals surface area contributed by atoms with Gasteiger partial charge in [0.25, 0.3) is 5.69 Å². The third kappa shape index (κ3) is 7.08. The molecule has 0 aromatic heterocycles. The van der Waals surface area contributed by atoms with Crippen LogP contribution >= 0.6 is 0 Å². The van der Waals surface area contributed by atoms with Crippen LogP contribution in [-0.2, 0) is 9.59 Å². The SMILES string of the molecule is CC(C)C[C@H](NC(=O)CCCNc1ccc([N+](=O)[O-])cc1)C(=O)O. The van der Waals surface area contributed by atoms with Crippen LogP contribution in [0, 0.1) is 16.0 Å². The fourth-order valence-corrected chi connectivity index (χ4v) is 2.14. The molecule has 1 atom stereocenters. The number of anilines is 1. The fourth-order valence-electron chi connectivity index (χ4n) is 2.14. The summed E-state index contributed by atoms with van der Waals surface area (Å²) in [6.07, 6.45) is 1.13. The smallest absolute Gasteiger partial charge is 0.326 e. The van der Waals surface area contributed by atoms with Gasteiger partial charge in [0, 0.05) is 30.8 Å². The number of nitro groups is 1. The van der Waals surface area contributed by atoms with Gasteiger partial charge in [0.15, 0.2) is 0 Å². The molecule has 0 saturated heterocycles. The van der Waals surface area contributed by atoms with Crippen LogP contribution in [0.4, 0.5) is 11.4 Å². The van der Waals surface area contributed by atoms with Gasteiger partial charge in [-0.15, -0.1) is 0 Å². The Kier molecular flexibility index (Phi) is 7.67. The number of nitrogens with one attached hydrogen (secondary N) is 2. The highest BCUT2D eigenvalue weighted by Crippen LogP contribution is 2.15. The van der Waals surface area contributed by atoms with E-state index in [9.17, 15) is 19.7 Å². The molecule has 1 amide bonds. The molecule has 3 N–H and O–H groups in total. The van der Waals surface area contributed by atoms with Crippen molar-refractivity contribution in [3.63, 3.8) is 0 Å². The maximum atomic E-state index is 11.8. The Hall–Kier alpha value is -2.64. The number of carboxylic acids is 1. The van der Waals surface area contributed by atoms with Gasteiger partial charge in [-0.25, -0.2) is 4.79 Å². The Morgan fingerprint density at radius 2 is 1.88 bits per heavy atom. The fraction of sp³-hybridized carbons (Fsp3) is 0.500. The lowest BCUT2D eigenvalue weighted by Gasteiger charge is -2.16. The summed E-state index contributed by atoms with van der Waals surface area (Å²) in [4.78, 5) is 33.0. The summed E-state index contributed by atoms with van der Waals surface area (Å²) in [6.45, 7) is 4.31. The summed E-state index contributed by atoms with van der Waals surface area (Å²) in [6, 6.07) is 5.14. The van der Waals surface area contributed by atoms with Crippen molar-refractivity contribution in [2.24, 2.45) is 5.92 Å². The molecule has 0 radical (unpaired) electrons. The Morgan fingerprint density at radius 1 is 1.25 bits per heavy atom. The molecule has 0 bridgehead atoms. The second-order valence-corrected chi connectivity index (χ2v) is 5.92. The van der Waals surface area contributed by atoms with Crippen LogP contribution < -0.4 is 10.6 Å². The number of carbonyl (C=O) groups excluding carboxylic acids is 1. The molecule has 24 heavy (non-hydrogen) atoms. The standard InChI is InChI=1S/C16H23N3O5/c1-11(2)10-14(16(21)22)18-15(20)4-3-9-17-12-5-7-13(8-6-12)19(23)24/h5-8,11,14,17H,3-4,9-10H2,1-2H3,(H,18,20)(H,21,22)/t14-/m0/s1. The van der Waals surface area contributed by atoms with Gasteiger partial charge in [0.05, 0.1) is 4.92 Å². The van der Waals surface area contributed by atoms with Crippen LogP contribution in [0.25, 0.3) is 0 Å². The molecular weight excluding hydrogens is 314 g/mol. The molecule has 0 spiro atoms. The van der Waals surface area contributed by atoms with E-state index in [1.165, 1.54) is 12.1 Å². The highest BCUT2D eigenvalue weighted by molar-refractivity contribution is 5.83. The summed E-state index contributed by atoms with van der Waals surface area (Å²) < 4.78 is 0. The molecule has 0 aliphatic carbocycles. The Labute approximate surface area is 140 Å². The van der Waals surface area contributed by atoms with Crippen LogP contribution in [-0.4, -0.2) is 34.5 Å². The maximum Gasteiger partial charge on any atom is 0.326 e. The largest absolute Gasteiger partial charge is 0.480 e. The zero-order chi connectivity index (χ0) is 18.1. The highest BCUT2D eigenvalue weighted by Gasteiger charge is 2.20. The minimum Gasteiger partial charge on any atom is -0.480 e. The zero-order valence-corrected chi connectivity index (χ0v) is 13.8. The lowest BCUT2D eigenvalue weighted by molar-refractivity contribution is -0.384. The van der Waals surface area contributed by atoms with Gasteiger partial charge in [0.2, 0.25) is 5.91 Å². The summed E-state index contributed by atoms with van der Waals surface area (Å²) in [5, 5.41) is 25.2. The van der Waals surface area contributed by atoms with Crippen molar-refractivity contribution in [2.75, 3.05) is 11.9 Å². The van der Waals surface area contributed by atoms with Crippen molar-refractivity contribution in [1.29, 1.82) is 0 Å². The van der Waals surface area contributed by atoms with Crippen molar-refractivity contribution in [1.82, 2.24) is 5.32 Å². The van der Waals surface area contributed by atoms with Crippen molar-refractivity contribution < 1.29 is 19.6 Å². The van der Waals surface area contributed by atoms with E-state index in [4.69, 9.17) is 5.11 Å². The number of nitro benzene ring substituents is 1. The molecule has 0 unspecified atom stereocenters. The van der Waals surface area contributed by atoms with Crippen molar-refractivity contribution in [3.05, 3.63) is 34.4 Å². The predicted molar refractivity (Wildman–Crippen MR) is 89.8 cm³/mol. The van der Waals surface area contributed by atoms with E-state index >= 15 is 0 Å². The van der Waals surface area contributed by atoms with Gasteiger partial charge in [-0.3, -0.25) is 14.9 Å². The van der Waals surface area contributed by atoms with Crippen LogP contribution in [0.15, 0.2) is 24.3 Å². The second-order valence-electron chi connectivity index (χ2n) is 5.92. The lowest BCUT2D eigenvalue weighted by atomic mass is 10.0. The number of benzene rings is 1. The van der Waals surface area contributed by atoms with Gasteiger partial charge >= 0.3 is 5.97 Å². The minimum atomic E-state index is -1.03. The van der Waals surface area contributed by atoms with Crippen LogP contribution in [0.1, 0.15) is 33.1 Å². The highest BCUT2D eigenvalue weighted by atomic mass is 16.6. The molecular formula is C16H23N3O5. The quantitative estimate of drug-likeness (QED) is 0.342. The van der Waals surface area contributed by atoms with Crippen LogP contribution in [0.5, 0.6) is 0 Å². The molecule has 0 aliphatic rings. The first-order valence-electron chi connectivity index (χ1n) is 7.80. The Morgan fingerprint density at radius 3 is 2.38 bits per heavy atom. The van der Waals surface area contributed by atoms with Gasteiger partial charge in [-0.05, 0) is 30.9 Å². The molecule has 132 valence electrons. The average Bonchev–Trinajstić information content (AvgIpc) is 2.50. The number of hydrogen-bond donors (Lipinski definition) is 3. The molecule has 0 heterocycles. The average molecular weight is 337 g/mol. The summed E-state index contributed by atoms with van der Waals surface area (Å²) in [5.74, 6) is -1.15. The second kappa shape index (κ2) is 9.49. The molecule has 0 saturated carbocycles. The van der Waals surface area contributed by atoms with E-state index in [1.54, 1.807) is 12.1 Å². The van der Waals surface area contributed by atoms with E-state index in [0.29, 0.717) is 19.4 Å². The number of rotatable bonds is 10. The number of aliphatic carboxylic acids is 1. The van der Waals surface area contributed by atoms with Gasteiger partial charge in [-0.1, -0.05) is 13.8 Å². The number of amides is 1. The molecule has 8 nitrogen and oxygen atoms in total. The van der Waals surface area contributed by atoms with Crippen LogP contribution in [0.3, 0.4) is 0 Å². The van der Waals surface area contributed by atoms with Crippen LogP contribution in [0.2, 0.25) is 0 Å². The summed E-state index contributed by atoms with van der Waals surface area (Å²) in [5.41, 5.74) is 0.744. The zero-order valence-electron chi connectivity index (χ0n) is 13.8. The van der Waals surface area contributed by atoms with Gasteiger partial charge in [-0.2, -0.15) is 0 Å². The number of carbonyl (C=O) groups is 2. The first-order chi connectivity index (χ1) is 11.3. The van der Waals surface area contributed by atoms with Crippen molar-refractivity contribution in [2.45, 2.75) is 39.2 Å². The molecule has 1 rings (SSSR count). The van der Waals surface area contributed by atoms with Gasteiger partial charge < -0.3 is 15.7 Å². The topological polar surface area (TPSA) is 122 Å². The Bertz CT molecular complexity index is 572. The number of hydrogen-bond acceptors (Lipinski definition) is 5. The van der Waals surface area contributed by atoms with E-state index in [0.717, 1.165) is 5.69 Å². The number of nitrogens with zero attached hydrogens (tertiary/aromatic N) is 1. The molecule has 8 heteroatoms.